The number of amides is 1. The van der Waals surface area contributed by atoms with Crippen LogP contribution in [0.5, 0.6) is 0 Å². The molecule has 134 valence electrons. The number of nitrogens with zero attached hydrogens (tertiary/aromatic N) is 1. The highest BCUT2D eigenvalue weighted by atomic mass is 19.1. The Balaban J connectivity index is 1.93. The largest absolute Gasteiger partial charge is 0.354 e. The van der Waals surface area contributed by atoms with Crippen LogP contribution in [0.1, 0.15) is 29.7 Å². The first-order valence-corrected chi connectivity index (χ1v) is 8.62. The lowest BCUT2D eigenvalue weighted by atomic mass is 9.99. The molecule has 2 rings (SSSR count). The Morgan fingerprint density at radius 1 is 1.08 bits per heavy atom. The van der Waals surface area contributed by atoms with E-state index in [0.29, 0.717) is 13.0 Å². The van der Waals surface area contributed by atoms with Crippen LogP contribution >= 0.6 is 0 Å². The summed E-state index contributed by atoms with van der Waals surface area (Å²) in [5.74, 6) is -0.401. The number of benzene rings is 2. The summed E-state index contributed by atoms with van der Waals surface area (Å²) in [6, 6.07) is 14.8. The van der Waals surface area contributed by atoms with Crippen molar-refractivity contribution in [3.63, 3.8) is 0 Å². The van der Waals surface area contributed by atoms with Gasteiger partial charge < -0.3 is 10.2 Å². The van der Waals surface area contributed by atoms with Gasteiger partial charge in [-0.3, -0.25) is 4.79 Å². The van der Waals surface area contributed by atoms with Gasteiger partial charge in [-0.15, -0.1) is 0 Å². The lowest BCUT2D eigenvalue weighted by molar-refractivity contribution is -0.124. The maximum absolute atomic E-state index is 13.0. The zero-order valence-electron chi connectivity index (χ0n) is 15.4. The molecule has 0 aromatic heterocycles. The second-order valence-corrected chi connectivity index (χ2v) is 6.87. The van der Waals surface area contributed by atoms with Crippen LogP contribution in [0.3, 0.4) is 0 Å². The van der Waals surface area contributed by atoms with E-state index in [9.17, 15) is 9.18 Å². The van der Waals surface area contributed by atoms with Gasteiger partial charge in [0.05, 0.1) is 6.04 Å². The molecule has 1 amide bonds. The third-order valence-corrected chi connectivity index (χ3v) is 4.46. The molecule has 0 heterocycles. The van der Waals surface area contributed by atoms with E-state index in [4.69, 9.17) is 0 Å². The first kappa shape index (κ1) is 19.1. The van der Waals surface area contributed by atoms with Gasteiger partial charge in [0, 0.05) is 12.5 Å². The molecular formula is C21H27FN2O. The molecule has 0 aliphatic rings. The van der Waals surface area contributed by atoms with Crippen LogP contribution in [0.2, 0.25) is 0 Å². The van der Waals surface area contributed by atoms with Crippen molar-refractivity contribution in [2.45, 2.75) is 26.3 Å². The van der Waals surface area contributed by atoms with Gasteiger partial charge in [0.1, 0.15) is 5.82 Å². The Morgan fingerprint density at radius 3 is 2.24 bits per heavy atom. The van der Waals surface area contributed by atoms with Crippen LogP contribution in [-0.4, -0.2) is 31.4 Å². The smallest absolute Gasteiger partial charge is 0.223 e. The number of rotatable bonds is 7. The fraction of sp³-hybridized carbons (Fsp3) is 0.381. The number of nitrogens with one attached hydrogen (secondary N) is 1. The molecule has 0 bridgehead atoms. The fourth-order valence-corrected chi connectivity index (χ4v) is 2.83. The van der Waals surface area contributed by atoms with Gasteiger partial charge in [-0.05, 0) is 50.7 Å². The van der Waals surface area contributed by atoms with Crippen molar-refractivity contribution >= 4 is 5.91 Å². The monoisotopic (exact) mass is 342 g/mol. The van der Waals surface area contributed by atoms with Crippen molar-refractivity contribution in [2.24, 2.45) is 5.92 Å². The quantitative estimate of drug-likeness (QED) is 0.831. The van der Waals surface area contributed by atoms with E-state index in [0.717, 1.165) is 5.56 Å². The van der Waals surface area contributed by atoms with Crippen molar-refractivity contribution < 1.29 is 9.18 Å². The van der Waals surface area contributed by atoms with Gasteiger partial charge in [0.15, 0.2) is 0 Å². The molecule has 0 spiro atoms. The molecule has 0 saturated heterocycles. The third-order valence-electron chi connectivity index (χ3n) is 4.46. The molecule has 2 aromatic rings. The SMILES string of the molecule is Cc1ccc(C(CNC(=O)C(C)Cc2ccc(F)cc2)N(C)C)cc1. The van der Waals surface area contributed by atoms with E-state index < -0.39 is 0 Å². The van der Waals surface area contributed by atoms with Crippen LogP contribution in [0.15, 0.2) is 48.5 Å². The van der Waals surface area contributed by atoms with Gasteiger partial charge in [0.2, 0.25) is 5.91 Å². The predicted octanol–water partition coefficient (Wildman–Crippen LogP) is 3.73. The topological polar surface area (TPSA) is 32.3 Å². The molecule has 0 radical (unpaired) electrons. The summed E-state index contributed by atoms with van der Waals surface area (Å²) in [4.78, 5) is 14.5. The number of halogens is 1. The average molecular weight is 342 g/mol. The molecule has 4 heteroatoms. The lowest BCUT2D eigenvalue weighted by Gasteiger charge is -2.26. The summed E-state index contributed by atoms with van der Waals surface area (Å²) in [7, 11) is 4.03. The van der Waals surface area contributed by atoms with Crippen molar-refractivity contribution in [2.75, 3.05) is 20.6 Å². The fourth-order valence-electron chi connectivity index (χ4n) is 2.83. The van der Waals surface area contributed by atoms with E-state index in [1.807, 2.05) is 21.0 Å². The Bertz CT molecular complexity index is 680. The average Bonchev–Trinajstić information content (AvgIpc) is 2.58. The zero-order chi connectivity index (χ0) is 18.4. The molecular weight excluding hydrogens is 315 g/mol. The molecule has 0 aliphatic carbocycles. The summed E-state index contributed by atoms with van der Waals surface area (Å²) in [5, 5.41) is 3.05. The van der Waals surface area contributed by atoms with E-state index in [1.165, 1.54) is 23.3 Å². The van der Waals surface area contributed by atoms with Gasteiger partial charge >= 0.3 is 0 Å². The molecule has 0 saturated carbocycles. The van der Waals surface area contributed by atoms with Gasteiger partial charge in [-0.1, -0.05) is 48.9 Å². The molecule has 25 heavy (non-hydrogen) atoms. The summed E-state index contributed by atoms with van der Waals surface area (Å²) in [6.07, 6.45) is 0.600. The second kappa shape index (κ2) is 8.77. The van der Waals surface area contributed by atoms with Crippen molar-refractivity contribution in [1.82, 2.24) is 10.2 Å². The molecule has 1 N–H and O–H groups in total. The van der Waals surface area contributed by atoms with Crippen molar-refractivity contribution in [1.29, 1.82) is 0 Å². The van der Waals surface area contributed by atoms with Crippen LogP contribution < -0.4 is 5.32 Å². The van der Waals surface area contributed by atoms with Gasteiger partial charge in [-0.2, -0.15) is 0 Å². The molecule has 2 unspecified atom stereocenters. The van der Waals surface area contributed by atoms with Crippen LogP contribution in [-0.2, 0) is 11.2 Å². The molecule has 0 aliphatic heterocycles. The summed E-state index contributed by atoms with van der Waals surface area (Å²) < 4.78 is 13.0. The number of aryl methyl sites for hydroxylation is 1. The zero-order valence-corrected chi connectivity index (χ0v) is 15.4. The molecule has 2 atom stereocenters. The van der Waals surface area contributed by atoms with Crippen molar-refractivity contribution in [3.8, 4) is 0 Å². The van der Waals surface area contributed by atoms with Crippen LogP contribution in [0, 0.1) is 18.7 Å². The maximum atomic E-state index is 13.0. The number of likely N-dealkylation sites (N-methyl/N-ethyl adjacent to an activating group) is 1. The summed E-state index contributed by atoms with van der Waals surface area (Å²) in [5.41, 5.74) is 3.37. The summed E-state index contributed by atoms with van der Waals surface area (Å²) >= 11 is 0. The van der Waals surface area contributed by atoms with E-state index in [-0.39, 0.29) is 23.7 Å². The standard InChI is InChI=1S/C21H27FN2O/c1-15-5-9-18(10-6-15)20(24(3)4)14-23-21(25)16(2)13-17-7-11-19(22)12-8-17/h5-12,16,20H,13-14H2,1-4H3,(H,23,25). The normalized spacial score (nSPS) is 13.5. The van der Waals surface area contributed by atoms with Gasteiger partial charge in [0.25, 0.3) is 0 Å². The van der Waals surface area contributed by atoms with E-state index in [1.54, 1.807) is 12.1 Å². The number of hydrogen-bond donors (Lipinski definition) is 1. The number of carbonyl (C=O) groups is 1. The van der Waals surface area contributed by atoms with Crippen LogP contribution in [0.4, 0.5) is 4.39 Å². The third kappa shape index (κ3) is 5.68. The van der Waals surface area contributed by atoms with Crippen LogP contribution in [0.25, 0.3) is 0 Å². The highest BCUT2D eigenvalue weighted by molar-refractivity contribution is 5.78. The molecule has 2 aromatic carbocycles. The highest BCUT2D eigenvalue weighted by Crippen LogP contribution is 2.18. The molecule has 0 fully saturated rings. The first-order valence-electron chi connectivity index (χ1n) is 8.62. The Labute approximate surface area is 149 Å². The minimum atomic E-state index is -0.257. The Kier molecular flexibility index (Phi) is 6.71. The lowest BCUT2D eigenvalue weighted by Crippen LogP contribution is -2.37. The Hall–Kier alpha value is -2.20. The summed E-state index contributed by atoms with van der Waals surface area (Å²) in [6.45, 7) is 4.52. The first-order chi connectivity index (χ1) is 11.9. The van der Waals surface area contributed by atoms with E-state index >= 15 is 0 Å². The number of hydrogen-bond acceptors (Lipinski definition) is 2. The minimum absolute atomic E-state index is 0.0169. The van der Waals surface area contributed by atoms with Gasteiger partial charge in [-0.25, -0.2) is 4.39 Å². The highest BCUT2D eigenvalue weighted by Gasteiger charge is 2.18. The minimum Gasteiger partial charge on any atom is -0.354 e. The van der Waals surface area contributed by atoms with Crippen molar-refractivity contribution in [3.05, 3.63) is 71.0 Å². The Morgan fingerprint density at radius 2 is 1.68 bits per heavy atom. The predicted molar refractivity (Wildman–Crippen MR) is 99.9 cm³/mol. The number of carbonyl (C=O) groups excluding carboxylic acids is 1. The second-order valence-electron chi connectivity index (χ2n) is 6.87. The molecule has 3 nitrogen and oxygen atoms in total. The van der Waals surface area contributed by atoms with E-state index in [2.05, 4.69) is 41.4 Å². The maximum Gasteiger partial charge on any atom is 0.223 e.